The van der Waals surface area contributed by atoms with Gasteiger partial charge in [0, 0.05) is 60.5 Å². The number of nitrogens with zero attached hydrogens (tertiary/aromatic N) is 2. The number of aromatic amines is 1. The molecule has 186 valence electrons. The maximum absolute atomic E-state index is 14.0. The van der Waals surface area contributed by atoms with Gasteiger partial charge >= 0.3 is 0 Å². The first-order valence-corrected chi connectivity index (χ1v) is 12.1. The van der Waals surface area contributed by atoms with Crippen molar-refractivity contribution < 1.29 is 13.6 Å². The Balaban J connectivity index is 1.47. The average molecular weight is 498 g/mol. The molecule has 37 heavy (non-hydrogen) atoms. The molecule has 0 spiro atoms. The number of benzene rings is 2. The van der Waals surface area contributed by atoms with Gasteiger partial charge in [0.05, 0.1) is 11.4 Å². The lowest BCUT2D eigenvalue weighted by Gasteiger charge is -2.20. The summed E-state index contributed by atoms with van der Waals surface area (Å²) in [5.74, 6) is -2.08. The highest BCUT2D eigenvalue weighted by Gasteiger charge is 2.26. The quantitative estimate of drug-likeness (QED) is 0.329. The summed E-state index contributed by atoms with van der Waals surface area (Å²) < 4.78 is 28.0. The van der Waals surface area contributed by atoms with Gasteiger partial charge in [-0.25, -0.2) is 8.78 Å². The van der Waals surface area contributed by atoms with E-state index in [1.54, 1.807) is 18.5 Å². The highest BCUT2D eigenvalue weighted by atomic mass is 19.1. The van der Waals surface area contributed by atoms with Gasteiger partial charge in [0.1, 0.15) is 17.4 Å². The first kappa shape index (κ1) is 24.4. The molecule has 0 aliphatic heterocycles. The molecule has 1 aliphatic rings. The lowest BCUT2D eigenvalue weighted by atomic mass is 9.86. The van der Waals surface area contributed by atoms with Crippen LogP contribution in [0.2, 0.25) is 0 Å². The van der Waals surface area contributed by atoms with E-state index in [1.807, 2.05) is 43.3 Å². The Hall–Kier alpha value is -4.26. The van der Waals surface area contributed by atoms with Crippen LogP contribution in [0.4, 0.5) is 8.78 Å². The Morgan fingerprint density at radius 3 is 2.49 bits per heavy atom. The molecule has 2 aromatic heterocycles. The highest BCUT2D eigenvalue weighted by Crippen LogP contribution is 2.34. The van der Waals surface area contributed by atoms with Crippen molar-refractivity contribution in [3.63, 3.8) is 0 Å². The summed E-state index contributed by atoms with van der Waals surface area (Å²) >= 11 is 0. The van der Waals surface area contributed by atoms with Crippen molar-refractivity contribution in [1.29, 1.82) is 0 Å². The number of pyridine rings is 1. The highest BCUT2D eigenvalue weighted by molar-refractivity contribution is 5.82. The second-order valence-corrected chi connectivity index (χ2v) is 9.44. The van der Waals surface area contributed by atoms with Gasteiger partial charge in [-0.05, 0) is 42.7 Å². The van der Waals surface area contributed by atoms with Crippen molar-refractivity contribution in [2.75, 3.05) is 0 Å². The van der Waals surface area contributed by atoms with E-state index in [-0.39, 0.29) is 36.5 Å². The second kappa shape index (κ2) is 10.4. The molecule has 0 amide bonds. The van der Waals surface area contributed by atoms with Crippen LogP contribution >= 0.6 is 0 Å². The fourth-order valence-electron chi connectivity index (χ4n) is 4.90. The SMILES string of the molecule is Cc1ccc(-c2nccnc2C(CC(=O)CC2C=Cc3ccc(=O)[nH]c32)Cc2cc(F)cc(F)c2)cc1. The van der Waals surface area contributed by atoms with Gasteiger partial charge in [0.2, 0.25) is 5.56 Å². The zero-order valence-corrected chi connectivity index (χ0v) is 20.2. The van der Waals surface area contributed by atoms with E-state index in [0.29, 0.717) is 17.0 Å². The molecule has 2 unspecified atom stereocenters. The van der Waals surface area contributed by atoms with E-state index in [2.05, 4.69) is 15.0 Å². The van der Waals surface area contributed by atoms with Crippen molar-refractivity contribution in [2.24, 2.45) is 0 Å². The molecule has 0 saturated heterocycles. The number of Topliss-reactive ketones (excluding diaryl/α,β-unsaturated/α-hetero) is 1. The Bertz CT molecular complexity index is 1520. The molecule has 0 radical (unpaired) electrons. The van der Waals surface area contributed by atoms with Gasteiger partial charge in [-0.1, -0.05) is 42.0 Å². The minimum absolute atomic E-state index is 0.0467. The summed E-state index contributed by atoms with van der Waals surface area (Å²) in [7, 11) is 0. The Kier molecular flexibility index (Phi) is 6.86. The number of fused-ring (bicyclic) bond motifs is 1. The van der Waals surface area contributed by atoms with E-state index in [9.17, 15) is 18.4 Å². The number of rotatable bonds is 8. The third kappa shape index (κ3) is 5.61. The number of carbonyl (C=O) groups is 1. The molecule has 0 fully saturated rings. The molecule has 5 nitrogen and oxygen atoms in total. The van der Waals surface area contributed by atoms with Crippen LogP contribution in [0.3, 0.4) is 0 Å². The minimum atomic E-state index is -0.672. The fourth-order valence-corrected chi connectivity index (χ4v) is 4.90. The van der Waals surface area contributed by atoms with Crippen molar-refractivity contribution >= 4 is 11.9 Å². The molecule has 2 heterocycles. The number of allylic oxidation sites excluding steroid dienone is 1. The maximum Gasteiger partial charge on any atom is 0.248 e. The van der Waals surface area contributed by atoms with E-state index in [0.717, 1.165) is 28.5 Å². The Morgan fingerprint density at radius 1 is 1.00 bits per heavy atom. The monoisotopic (exact) mass is 497 g/mol. The van der Waals surface area contributed by atoms with Crippen LogP contribution in [-0.4, -0.2) is 20.7 Å². The Labute approximate surface area is 213 Å². The third-order valence-electron chi connectivity index (χ3n) is 6.63. The van der Waals surface area contributed by atoms with Crippen LogP contribution < -0.4 is 5.56 Å². The van der Waals surface area contributed by atoms with Crippen molar-refractivity contribution in [3.8, 4) is 11.3 Å². The predicted octanol–water partition coefficient (Wildman–Crippen LogP) is 5.90. The molecule has 5 rings (SSSR count). The van der Waals surface area contributed by atoms with Crippen LogP contribution in [0.25, 0.3) is 17.3 Å². The summed E-state index contributed by atoms with van der Waals surface area (Å²) in [4.78, 5) is 37.2. The van der Waals surface area contributed by atoms with Crippen LogP contribution in [0.15, 0.2) is 77.9 Å². The molecular formula is C30H25F2N3O2. The van der Waals surface area contributed by atoms with Gasteiger partial charge in [0.15, 0.2) is 0 Å². The van der Waals surface area contributed by atoms with E-state index in [1.165, 1.54) is 18.2 Å². The summed E-state index contributed by atoms with van der Waals surface area (Å²) in [6.45, 7) is 1.99. The van der Waals surface area contributed by atoms with E-state index < -0.39 is 17.6 Å². The molecule has 1 aliphatic carbocycles. The lowest BCUT2D eigenvalue weighted by molar-refractivity contribution is -0.119. The van der Waals surface area contributed by atoms with Gasteiger partial charge in [-0.2, -0.15) is 0 Å². The number of H-pyrrole nitrogens is 1. The number of aromatic nitrogens is 3. The lowest BCUT2D eigenvalue weighted by Crippen LogP contribution is -2.16. The first-order valence-electron chi connectivity index (χ1n) is 12.1. The average Bonchev–Trinajstić information content (AvgIpc) is 3.25. The number of ketones is 1. The standard InChI is InChI=1S/C30H25F2N3O2/c1-18-2-4-21(5-3-18)29-30(34-11-10-33-29)23(12-19-13-24(31)17-25(32)14-19)16-26(36)15-22-7-6-20-8-9-27(37)35-28(20)22/h2-11,13-14,17,22-23H,12,15-16H2,1H3,(H,35,37). The molecule has 0 bridgehead atoms. The molecule has 1 N–H and O–H groups in total. The smallest absolute Gasteiger partial charge is 0.248 e. The predicted molar refractivity (Wildman–Crippen MR) is 138 cm³/mol. The molecule has 0 saturated carbocycles. The second-order valence-electron chi connectivity index (χ2n) is 9.44. The molecule has 2 atom stereocenters. The number of hydrogen-bond donors (Lipinski definition) is 1. The largest absolute Gasteiger partial charge is 0.325 e. The molecule has 7 heteroatoms. The first-order chi connectivity index (χ1) is 17.9. The third-order valence-corrected chi connectivity index (χ3v) is 6.63. The number of hydrogen-bond acceptors (Lipinski definition) is 4. The fraction of sp³-hybridized carbons (Fsp3) is 0.200. The summed E-state index contributed by atoms with van der Waals surface area (Å²) in [6, 6.07) is 14.4. The van der Waals surface area contributed by atoms with E-state index >= 15 is 0 Å². The van der Waals surface area contributed by atoms with Gasteiger partial charge < -0.3 is 4.98 Å². The number of halogens is 2. The molecular weight excluding hydrogens is 472 g/mol. The van der Waals surface area contributed by atoms with Gasteiger partial charge in [0.25, 0.3) is 0 Å². The summed E-state index contributed by atoms with van der Waals surface area (Å²) in [5, 5.41) is 0. The maximum atomic E-state index is 14.0. The zero-order chi connectivity index (χ0) is 25.9. The number of carbonyl (C=O) groups excluding carboxylic acids is 1. The zero-order valence-electron chi connectivity index (χ0n) is 20.2. The Morgan fingerprint density at radius 2 is 1.73 bits per heavy atom. The van der Waals surface area contributed by atoms with E-state index in [4.69, 9.17) is 0 Å². The van der Waals surface area contributed by atoms with Crippen molar-refractivity contribution in [2.45, 2.75) is 38.0 Å². The summed E-state index contributed by atoms with van der Waals surface area (Å²) in [6.07, 6.45) is 7.48. The molecule has 4 aromatic rings. The topological polar surface area (TPSA) is 75.7 Å². The number of nitrogens with one attached hydrogen (secondary N) is 1. The van der Waals surface area contributed by atoms with Crippen molar-refractivity contribution in [1.82, 2.24) is 15.0 Å². The van der Waals surface area contributed by atoms with Crippen LogP contribution in [0.5, 0.6) is 0 Å². The van der Waals surface area contributed by atoms with Crippen molar-refractivity contribution in [3.05, 3.63) is 123 Å². The normalized spacial score (nSPS) is 14.9. The van der Waals surface area contributed by atoms with Crippen LogP contribution in [0.1, 0.15) is 52.8 Å². The van der Waals surface area contributed by atoms with Gasteiger partial charge in [-0.3, -0.25) is 19.6 Å². The minimum Gasteiger partial charge on any atom is -0.325 e. The molecule has 2 aromatic carbocycles. The van der Waals surface area contributed by atoms with Crippen LogP contribution in [-0.2, 0) is 11.2 Å². The number of aryl methyl sites for hydroxylation is 1. The van der Waals surface area contributed by atoms with Gasteiger partial charge in [-0.15, -0.1) is 0 Å². The summed E-state index contributed by atoms with van der Waals surface area (Å²) in [5.41, 5.74) is 5.01. The van der Waals surface area contributed by atoms with Crippen LogP contribution in [0, 0.1) is 18.6 Å².